The predicted octanol–water partition coefficient (Wildman–Crippen LogP) is 6.70. The summed E-state index contributed by atoms with van der Waals surface area (Å²) in [6, 6.07) is 19.7. The van der Waals surface area contributed by atoms with Crippen molar-refractivity contribution in [3.8, 4) is 17.6 Å². The molecule has 0 amide bonds. The molecule has 8 heteroatoms. The summed E-state index contributed by atoms with van der Waals surface area (Å²) in [5.74, 6) is 1.20. The normalized spacial score (nSPS) is 14.2. The zero-order valence-electron chi connectivity index (χ0n) is 22.2. The molecule has 2 heterocycles. The lowest BCUT2D eigenvalue weighted by atomic mass is 10.1. The Kier molecular flexibility index (Phi) is 8.06. The fourth-order valence-electron chi connectivity index (χ4n) is 4.71. The molecule has 0 saturated carbocycles. The second-order valence-electron chi connectivity index (χ2n) is 9.92. The molecule has 3 aromatic carbocycles. The maximum atomic E-state index is 9.79. The summed E-state index contributed by atoms with van der Waals surface area (Å²) in [6.45, 7) is 4.54. The fraction of sp³-hybridized carbons (Fsp3) is 0.290. The molecule has 0 spiro atoms. The number of likely N-dealkylation sites (tertiary alicyclic amines) is 1. The molecule has 0 bridgehead atoms. The average molecular weight is 542 g/mol. The quantitative estimate of drug-likeness (QED) is 0.239. The number of nitriles is 1. The highest BCUT2D eigenvalue weighted by Crippen LogP contribution is 2.37. The molecule has 0 unspecified atom stereocenters. The number of rotatable bonds is 8. The van der Waals surface area contributed by atoms with Crippen molar-refractivity contribution in [2.45, 2.75) is 38.9 Å². The Balaban J connectivity index is 1.35. The molecule has 0 aliphatic carbocycles. The van der Waals surface area contributed by atoms with Crippen LogP contribution in [0.2, 0.25) is 5.02 Å². The molecule has 1 aliphatic rings. The van der Waals surface area contributed by atoms with Crippen LogP contribution in [0.25, 0.3) is 10.9 Å². The first kappa shape index (κ1) is 26.6. The number of halogens is 1. The van der Waals surface area contributed by atoms with Crippen LogP contribution in [-0.4, -0.2) is 36.1 Å². The largest absolute Gasteiger partial charge is 0.488 e. The van der Waals surface area contributed by atoms with Crippen LogP contribution in [0.4, 0.5) is 17.1 Å². The van der Waals surface area contributed by atoms with Gasteiger partial charge in [0.1, 0.15) is 30.3 Å². The SMILES string of the molecule is CCc1ccc(COc2ccc(Nc3c(C#N)cnc4cc(OC5CCN(C)CC5)c(N)cc34)cc2Cl)cc1. The van der Waals surface area contributed by atoms with Gasteiger partial charge in [0.2, 0.25) is 0 Å². The molecule has 200 valence electrons. The van der Waals surface area contributed by atoms with E-state index < -0.39 is 0 Å². The number of anilines is 3. The first-order chi connectivity index (χ1) is 18.9. The molecule has 5 rings (SSSR count). The van der Waals surface area contributed by atoms with Crippen molar-refractivity contribution < 1.29 is 9.47 Å². The van der Waals surface area contributed by atoms with Crippen LogP contribution < -0.4 is 20.5 Å². The van der Waals surface area contributed by atoms with Crippen molar-refractivity contribution in [3.63, 3.8) is 0 Å². The van der Waals surface area contributed by atoms with Gasteiger partial charge in [-0.15, -0.1) is 0 Å². The number of nitrogen functional groups attached to an aromatic ring is 1. The van der Waals surface area contributed by atoms with Gasteiger partial charge in [0.25, 0.3) is 0 Å². The molecule has 3 N–H and O–H groups in total. The zero-order valence-corrected chi connectivity index (χ0v) is 23.0. The molecule has 1 saturated heterocycles. The van der Waals surface area contributed by atoms with E-state index in [4.69, 9.17) is 26.8 Å². The van der Waals surface area contributed by atoms with Crippen LogP contribution in [-0.2, 0) is 13.0 Å². The van der Waals surface area contributed by atoms with Crippen LogP contribution in [0.5, 0.6) is 11.5 Å². The summed E-state index contributed by atoms with van der Waals surface area (Å²) >= 11 is 6.57. The molecule has 0 atom stereocenters. The standard InChI is InChI=1S/C31H32ClN5O2/c1-3-20-4-6-21(7-5-20)19-38-29-9-8-23(14-26(29)32)36-31-22(17-33)18-35-28-16-30(27(34)15-25(28)31)39-24-10-12-37(2)13-11-24/h4-9,14-16,18,24H,3,10-13,19,34H2,1-2H3,(H,35,36). The van der Waals surface area contributed by atoms with Crippen molar-refractivity contribution in [2.24, 2.45) is 0 Å². The smallest absolute Gasteiger partial charge is 0.144 e. The first-order valence-corrected chi connectivity index (χ1v) is 13.6. The minimum Gasteiger partial charge on any atom is -0.488 e. The van der Waals surface area contributed by atoms with Gasteiger partial charge in [-0.2, -0.15) is 5.26 Å². The zero-order chi connectivity index (χ0) is 27.4. The van der Waals surface area contributed by atoms with Crippen LogP contribution in [0.15, 0.2) is 60.8 Å². The lowest BCUT2D eigenvalue weighted by Crippen LogP contribution is -2.35. The number of aryl methyl sites for hydroxylation is 1. The molecule has 7 nitrogen and oxygen atoms in total. The Morgan fingerprint density at radius 2 is 1.82 bits per heavy atom. The van der Waals surface area contributed by atoms with E-state index in [0.29, 0.717) is 51.3 Å². The third-order valence-electron chi connectivity index (χ3n) is 7.11. The summed E-state index contributed by atoms with van der Waals surface area (Å²) in [4.78, 5) is 6.80. The molecule has 1 aromatic heterocycles. The maximum absolute atomic E-state index is 9.79. The van der Waals surface area contributed by atoms with Gasteiger partial charge >= 0.3 is 0 Å². The number of aromatic nitrogens is 1. The minimum absolute atomic E-state index is 0.121. The van der Waals surface area contributed by atoms with E-state index in [-0.39, 0.29) is 6.10 Å². The molecule has 1 fully saturated rings. The van der Waals surface area contributed by atoms with E-state index in [1.54, 1.807) is 12.3 Å². The Hall–Kier alpha value is -3.99. The minimum atomic E-state index is 0.121. The molecule has 39 heavy (non-hydrogen) atoms. The lowest BCUT2D eigenvalue weighted by Gasteiger charge is -2.29. The van der Waals surface area contributed by atoms with E-state index in [1.807, 2.05) is 24.3 Å². The topological polar surface area (TPSA) is 96.4 Å². The number of nitrogens with one attached hydrogen (secondary N) is 1. The number of fused-ring (bicyclic) bond motifs is 1. The van der Waals surface area contributed by atoms with Crippen LogP contribution >= 0.6 is 11.6 Å². The highest BCUT2D eigenvalue weighted by Gasteiger charge is 2.20. The molecule has 4 aromatic rings. The third kappa shape index (κ3) is 6.19. The van der Waals surface area contributed by atoms with Gasteiger partial charge in [0, 0.05) is 36.4 Å². The van der Waals surface area contributed by atoms with Crippen molar-refractivity contribution >= 4 is 39.6 Å². The van der Waals surface area contributed by atoms with Gasteiger partial charge < -0.3 is 25.4 Å². The van der Waals surface area contributed by atoms with Crippen molar-refractivity contribution in [3.05, 3.63) is 82.5 Å². The highest BCUT2D eigenvalue weighted by molar-refractivity contribution is 6.32. The number of pyridine rings is 1. The monoisotopic (exact) mass is 541 g/mol. The Morgan fingerprint density at radius 3 is 2.51 bits per heavy atom. The summed E-state index contributed by atoms with van der Waals surface area (Å²) in [5.41, 5.74) is 11.7. The number of ether oxygens (including phenoxy) is 2. The fourth-order valence-corrected chi connectivity index (χ4v) is 4.95. The van der Waals surface area contributed by atoms with E-state index in [2.05, 4.69) is 59.5 Å². The van der Waals surface area contributed by atoms with Crippen LogP contribution in [0.1, 0.15) is 36.5 Å². The Bertz CT molecular complexity index is 1510. The summed E-state index contributed by atoms with van der Waals surface area (Å²) in [5, 5.41) is 14.3. The number of nitrogens with two attached hydrogens (primary N) is 1. The van der Waals surface area contributed by atoms with Gasteiger partial charge in [-0.1, -0.05) is 42.8 Å². The van der Waals surface area contributed by atoms with Gasteiger partial charge in [-0.3, -0.25) is 4.98 Å². The van der Waals surface area contributed by atoms with Gasteiger partial charge in [-0.05, 0) is 61.7 Å². The second-order valence-corrected chi connectivity index (χ2v) is 10.3. The Morgan fingerprint density at radius 1 is 1.08 bits per heavy atom. The van der Waals surface area contributed by atoms with E-state index >= 15 is 0 Å². The van der Waals surface area contributed by atoms with Crippen LogP contribution in [0.3, 0.4) is 0 Å². The van der Waals surface area contributed by atoms with E-state index in [9.17, 15) is 5.26 Å². The Labute approximate surface area is 234 Å². The highest BCUT2D eigenvalue weighted by atomic mass is 35.5. The molecule has 0 radical (unpaired) electrons. The van der Waals surface area contributed by atoms with E-state index in [1.165, 1.54) is 5.56 Å². The summed E-state index contributed by atoms with van der Waals surface area (Å²) < 4.78 is 12.2. The van der Waals surface area contributed by atoms with Gasteiger partial charge in [0.15, 0.2) is 0 Å². The lowest BCUT2D eigenvalue weighted by molar-refractivity contribution is 0.115. The first-order valence-electron chi connectivity index (χ1n) is 13.2. The van der Waals surface area contributed by atoms with Gasteiger partial charge in [-0.25, -0.2) is 0 Å². The van der Waals surface area contributed by atoms with Gasteiger partial charge in [0.05, 0.1) is 27.5 Å². The molecule has 1 aliphatic heterocycles. The van der Waals surface area contributed by atoms with E-state index in [0.717, 1.165) is 43.3 Å². The van der Waals surface area contributed by atoms with Crippen LogP contribution in [0, 0.1) is 11.3 Å². The number of hydrogen-bond acceptors (Lipinski definition) is 7. The average Bonchev–Trinajstić information content (AvgIpc) is 2.95. The number of hydrogen-bond donors (Lipinski definition) is 2. The van der Waals surface area contributed by atoms with Crippen molar-refractivity contribution in [1.29, 1.82) is 5.26 Å². The molecular weight excluding hydrogens is 510 g/mol. The molecular formula is C31H32ClN5O2. The van der Waals surface area contributed by atoms with Crippen molar-refractivity contribution in [2.75, 3.05) is 31.2 Å². The third-order valence-corrected chi connectivity index (χ3v) is 7.40. The second kappa shape index (κ2) is 11.8. The number of nitrogens with zero attached hydrogens (tertiary/aromatic N) is 3. The summed E-state index contributed by atoms with van der Waals surface area (Å²) in [7, 11) is 2.12. The van der Waals surface area contributed by atoms with Crippen molar-refractivity contribution in [1.82, 2.24) is 9.88 Å². The predicted molar refractivity (Wildman–Crippen MR) is 157 cm³/mol. The maximum Gasteiger partial charge on any atom is 0.144 e. The number of benzene rings is 3. The number of piperidine rings is 1. The summed E-state index contributed by atoms with van der Waals surface area (Å²) in [6.07, 6.45) is 4.58.